The number of allylic oxidation sites excluding steroid dienone is 2. The Bertz CT molecular complexity index is 774. The molecule has 1 aliphatic heterocycles. The maximum atomic E-state index is 12.8. The van der Waals surface area contributed by atoms with Gasteiger partial charge in [-0.2, -0.15) is 5.26 Å². The van der Waals surface area contributed by atoms with Crippen LogP contribution in [0.25, 0.3) is 5.57 Å². The number of likely N-dealkylation sites (tertiary alicyclic amines) is 1. The van der Waals surface area contributed by atoms with Gasteiger partial charge in [-0.25, -0.2) is 4.79 Å². The minimum atomic E-state index is -0.530. The Kier molecular flexibility index (Phi) is 5.68. The minimum Gasteiger partial charge on any atom is -0.394 e. The Morgan fingerprint density at radius 2 is 1.93 bits per heavy atom. The van der Waals surface area contributed by atoms with E-state index < -0.39 is 6.04 Å². The van der Waals surface area contributed by atoms with Crippen LogP contribution in [0.15, 0.2) is 30.3 Å². The number of nitriles is 1. The fourth-order valence-electron chi connectivity index (χ4n) is 5.04. The van der Waals surface area contributed by atoms with Crippen LogP contribution in [0.4, 0.5) is 4.79 Å². The molecule has 3 atom stereocenters. The number of benzene rings is 1. The Morgan fingerprint density at radius 1 is 1.18 bits per heavy atom. The average molecular weight is 380 g/mol. The molecule has 148 valence electrons. The molecule has 2 amide bonds. The predicted octanol–water partition coefficient (Wildman–Crippen LogP) is 3.95. The monoisotopic (exact) mass is 379 g/mol. The molecule has 1 heterocycles. The van der Waals surface area contributed by atoms with Gasteiger partial charge in [0.1, 0.15) is 6.04 Å². The molecule has 2 aliphatic carbocycles. The summed E-state index contributed by atoms with van der Waals surface area (Å²) in [5, 5.41) is 22.7. The molecule has 28 heavy (non-hydrogen) atoms. The number of urea groups is 1. The van der Waals surface area contributed by atoms with Crippen molar-refractivity contribution >= 4 is 11.6 Å². The first-order valence-electron chi connectivity index (χ1n) is 10.6. The van der Waals surface area contributed by atoms with E-state index in [0.29, 0.717) is 0 Å². The fraction of sp³-hybridized carbons (Fsp3) is 0.565. The molecule has 0 bridgehead atoms. The topological polar surface area (TPSA) is 76.4 Å². The standard InChI is InChI=1S/C23H29N3O2/c24-14-20-22(18-12-10-17(11-13-18)16-6-4-5-7-16)21(15-27)26(20)23(28)25-19-8-2-1-3-9-19/h6,10-13,19-22,27H,1-5,7-9,15H2,(H,25,28)/t20-,21+,22+/m0/s1. The number of aliphatic hydroxyl groups is 1. The second-order valence-corrected chi connectivity index (χ2v) is 8.28. The van der Waals surface area contributed by atoms with E-state index in [2.05, 4.69) is 41.7 Å². The van der Waals surface area contributed by atoms with Crippen molar-refractivity contribution in [3.8, 4) is 6.07 Å². The highest BCUT2D eigenvalue weighted by Gasteiger charge is 2.52. The van der Waals surface area contributed by atoms with Gasteiger partial charge in [0.2, 0.25) is 0 Å². The summed E-state index contributed by atoms with van der Waals surface area (Å²) < 4.78 is 0. The molecule has 0 aromatic heterocycles. The number of carbonyl (C=O) groups is 1. The number of nitrogens with zero attached hydrogens (tertiary/aromatic N) is 2. The van der Waals surface area contributed by atoms with Gasteiger partial charge in [-0.15, -0.1) is 0 Å². The molecule has 0 unspecified atom stereocenters. The van der Waals surface area contributed by atoms with Crippen molar-refractivity contribution in [1.29, 1.82) is 5.26 Å². The first-order valence-corrected chi connectivity index (χ1v) is 10.6. The number of nitrogens with one attached hydrogen (secondary N) is 1. The highest BCUT2D eigenvalue weighted by Crippen LogP contribution is 2.41. The normalized spacial score (nSPS) is 27.6. The molecule has 2 N–H and O–H groups in total. The molecule has 3 aliphatic rings. The summed E-state index contributed by atoms with van der Waals surface area (Å²) >= 11 is 0. The lowest BCUT2D eigenvalue weighted by Crippen LogP contribution is -2.67. The van der Waals surface area contributed by atoms with Crippen LogP contribution in [0, 0.1) is 11.3 Å². The predicted molar refractivity (Wildman–Crippen MR) is 109 cm³/mol. The third-order valence-electron chi connectivity index (χ3n) is 6.61. The molecule has 5 nitrogen and oxygen atoms in total. The van der Waals surface area contributed by atoms with E-state index in [4.69, 9.17) is 0 Å². The highest BCUT2D eigenvalue weighted by atomic mass is 16.3. The molecule has 0 spiro atoms. The van der Waals surface area contributed by atoms with E-state index in [1.807, 2.05) is 0 Å². The number of hydrogen-bond donors (Lipinski definition) is 2. The van der Waals surface area contributed by atoms with E-state index in [1.54, 1.807) is 4.90 Å². The van der Waals surface area contributed by atoms with Crippen LogP contribution >= 0.6 is 0 Å². The van der Waals surface area contributed by atoms with Crippen LogP contribution in [0.3, 0.4) is 0 Å². The number of hydrogen-bond acceptors (Lipinski definition) is 3. The van der Waals surface area contributed by atoms with E-state index in [9.17, 15) is 15.2 Å². The molecule has 2 fully saturated rings. The molecule has 5 heteroatoms. The highest BCUT2D eigenvalue weighted by molar-refractivity contribution is 5.78. The zero-order valence-electron chi connectivity index (χ0n) is 16.3. The lowest BCUT2D eigenvalue weighted by molar-refractivity contribution is 0.0153. The van der Waals surface area contributed by atoms with Gasteiger partial charge in [-0.05, 0) is 48.8 Å². The summed E-state index contributed by atoms with van der Waals surface area (Å²) in [4.78, 5) is 14.3. The molecule has 1 aromatic rings. The molecule has 4 rings (SSSR count). The van der Waals surface area contributed by atoms with Crippen LogP contribution < -0.4 is 5.32 Å². The summed E-state index contributed by atoms with van der Waals surface area (Å²) in [6.07, 6.45) is 11.3. The Morgan fingerprint density at radius 3 is 2.54 bits per heavy atom. The van der Waals surface area contributed by atoms with Gasteiger partial charge in [0.25, 0.3) is 0 Å². The number of rotatable bonds is 4. The average Bonchev–Trinajstić information content (AvgIpc) is 3.24. The van der Waals surface area contributed by atoms with Gasteiger partial charge in [-0.3, -0.25) is 0 Å². The van der Waals surface area contributed by atoms with Crippen LogP contribution in [0.2, 0.25) is 0 Å². The first kappa shape index (κ1) is 19.0. The van der Waals surface area contributed by atoms with E-state index in [0.717, 1.165) is 44.1 Å². The zero-order chi connectivity index (χ0) is 19.5. The molecule has 0 radical (unpaired) electrons. The second kappa shape index (κ2) is 8.36. The Balaban J connectivity index is 1.47. The fourth-order valence-corrected chi connectivity index (χ4v) is 5.04. The first-order chi connectivity index (χ1) is 13.7. The van der Waals surface area contributed by atoms with Crippen LogP contribution in [-0.4, -0.2) is 40.8 Å². The number of amides is 2. The molecule has 1 saturated carbocycles. The third kappa shape index (κ3) is 3.54. The van der Waals surface area contributed by atoms with Crippen molar-refractivity contribution in [3.05, 3.63) is 41.5 Å². The quantitative estimate of drug-likeness (QED) is 0.832. The number of carbonyl (C=O) groups excluding carboxylic acids is 1. The van der Waals surface area contributed by atoms with Gasteiger partial charge < -0.3 is 15.3 Å². The van der Waals surface area contributed by atoms with Gasteiger partial charge in [-0.1, -0.05) is 49.6 Å². The van der Waals surface area contributed by atoms with E-state index in [-0.39, 0.29) is 30.6 Å². The molecule has 1 aromatic carbocycles. The van der Waals surface area contributed by atoms with Gasteiger partial charge in [0.15, 0.2) is 0 Å². The van der Waals surface area contributed by atoms with Crippen LogP contribution in [0.5, 0.6) is 0 Å². The Labute approximate surface area is 167 Å². The summed E-state index contributed by atoms with van der Waals surface area (Å²) in [6, 6.07) is 9.75. The van der Waals surface area contributed by atoms with Crippen molar-refractivity contribution < 1.29 is 9.90 Å². The SMILES string of the molecule is N#C[C@H]1[C@@H](c2ccc(C3=CCCC3)cc2)[C@@H](CO)N1C(=O)NC1CCCCC1. The van der Waals surface area contributed by atoms with Crippen LogP contribution in [0.1, 0.15) is 68.4 Å². The second-order valence-electron chi connectivity index (χ2n) is 8.28. The third-order valence-corrected chi connectivity index (χ3v) is 6.61. The number of aliphatic hydroxyl groups excluding tert-OH is 1. The molecular formula is C23H29N3O2. The molecule has 1 saturated heterocycles. The smallest absolute Gasteiger partial charge is 0.319 e. The van der Waals surface area contributed by atoms with Gasteiger partial charge in [0, 0.05) is 12.0 Å². The summed E-state index contributed by atoms with van der Waals surface area (Å²) in [6.45, 7) is -0.131. The zero-order valence-corrected chi connectivity index (χ0v) is 16.3. The van der Waals surface area contributed by atoms with Crippen LogP contribution in [-0.2, 0) is 0 Å². The lowest BCUT2D eigenvalue weighted by Gasteiger charge is -2.51. The van der Waals surface area contributed by atoms with Crippen molar-refractivity contribution in [2.24, 2.45) is 0 Å². The lowest BCUT2D eigenvalue weighted by atomic mass is 9.75. The maximum absolute atomic E-state index is 12.8. The Hall–Kier alpha value is -2.32. The van der Waals surface area contributed by atoms with E-state index >= 15 is 0 Å². The van der Waals surface area contributed by atoms with Crippen molar-refractivity contribution in [3.63, 3.8) is 0 Å². The largest absolute Gasteiger partial charge is 0.394 e. The summed E-state index contributed by atoms with van der Waals surface area (Å²) in [7, 11) is 0. The van der Waals surface area contributed by atoms with E-state index in [1.165, 1.54) is 24.0 Å². The maximum Gasteiger partial charge on any atom is 0.319 e. The van der Waals surface area contributed by atoms with Gasteiger partial charge in [0.05, 0.1) is 18.7 Å². The van der Waals surface area contributed by atoms with Crippen molar-refractivity contribution in [1.82, 2.24) is 10.2 Å². The van der Waals surface area contributed by atoms with Gasteiger partial charge >= 0.3 is 6.03 Å². The summed E-state index contributed by atoms with van der Waals surface area (Å²) in [5.74, 6) is -0.140. The van der Waals surface area contributed by atoms with Crippen molar-refractivity contribution in [2.45, 2.75) is 75.4 Å². The molecular weight excluding hydrogens is 350 g/mol. The minimum absolute atomic E-state index is 0.131. The van der Waals surface area contributed by atoms with Crippen molar-refractivity contribution in [2.75, 3.05) is 6.61 Å². The summed E-state index contributed by atoms with van der Waals surface area (Å²) in [5.41, 5.74) is 3.65.